The van der Waals surface area contributed by atoms with Crippen LogP contribution in [-0.4, -0.2) is 40.8 Å². The number of ether oxygens (including phenoxy) is 3. The first-order valence-corrected chi connectivity index (χ1v) is 11.1. The number of aromatic nitrogens is 1. The van der Waals surface area contributed by atoms with Crippen LogP contribution in [0.1, 0.15) is 21.8 Å². The molecular formula is C21H21ClN2O7S. The molecule has 0 aliphatic rings. The van der Waals surface area contributed by atoms with Crippen molar-refractivity contribution in [2.75, 3.05) is 25.6 Å². The van der Waals surface area contributed by atoms with Crippen molar-refractivity contribution in [3.63, 3.8) is 0 Å². The number of hydrogen-bond donors (Lipinski definition) is 0. The normalized spacial score (nSPS) is 11.2. The maximum Gasteiger partial charge on any atom is 0.338 e. The molecule has 32 heavy (non-hydrogen) atoms. The number of hydrogen-bond acceptors (Lipinski definition) is 8. The van der Waals surface area contributed by atoms with Crippen molar-refractivity contribution in [1.82, 2.24) is 5.16 Å². The summed E-state index contributed by atoms with van der Waals surface area (Å²) in [6.07, 6.45) is 0. The third-order valence-corrected chi connectivity index (χ3v) is 6.61. The van der Waals surface area contributed by atoms with Gasteiger partial charge in [0.15, 0.2) is 12.4 Å². The molecule has 3 rings (SSSR count). The topological polar surface area (TPSA) is 108 Å². The highest BCUT2D eigenvalue weighted by Crippen LogP contribution is 2.39. The smallest absolute Gasteiger partial charge is 0.338 e. The second-order valence-corrected chi connectivity index (χ2v) is 9.05. The Labute approximate surface area is 190 Å². The molecule has 0 aliphatic carbocycles. The van der Waals surface area contributed by atoms with Gasteiger partial charge in [-0.05, 0) is 31.2 Å². The zero-order valence-corrected chi connectivity index (χ0v) is 19.4. The molecule has 0 N–H and O–H groups in total. The van der Waals surface area contributed by atoms with Gasteiger partial charge in [-0.3, -0.25) is 4.31 Å². The van der Waals surface area contributed by atoms with E-state index in [1.807, 2.05) is 0 Å². The first-order chi connectivity index (χ1) is 15.2. The van der Waals surface area contributed by atoms with Gasteiger partial charge in [0.25, 0.3) is 10.0 Å². The van der Waals surface area contributed by atoms with Gasteiger partial charge < -0.3 is 18.7 Å². The maximum absolute atomic E-state index is 13.2. The van der Waals surface area contributed by atoms with E-state index in [4.69, 9.17) is 30.3 Å². The van der Waals surface area contributed by atoms with E-state index in [9.17, 15) is 13.2 Å². The first kappa shape index (κ1) is 23.4. The molecule has 0 aliphatic heterocycles. The number of rotatable bonds is 8. The summed E-state index contributed by atoms with van der Waals surface area (Å²) in [5.74, 6) is 0.256. The number of methoxy groups -OCH3 is 2. The summed E-state index contributed by atoms with van der Waals surface area (Å²) in [6.45, 7) is 1.61. The minimum absolute atomic E-state index is 0.0652. The highest BCUT2D eigenvalue weighted by molar-refractivity contribution is 7.92. The fourth-order valence-electron chi connectivity index (χ4n) is 2.87. The van der Waals surface area contributed by atoms with Gasteiger partial charge in [0.05, 0.1) is 41.1 Å². The van der Waals surface area contributed by atoms with Gasteiger partial charge >= 0.3 is 5.97 Å². The highest BCUT2D eigenvalue weighted by atomic mass is 35.5. The number of carbonyl (C=O) groups excluding carboxylic acids is 1. The number of esters is 1. The summed E-state index contributed by atoms with van der Waals surface area (Å²) in [4.78, 5) is 12.3. The van der Waals surface area contributed by atoms with Gasteiger partial charge in [-0.1, -0.05) is 22.8 Å². The Bertz CT molecular complexity index is 1240. The van der Waals surface area contributed by atoms with Crippen LogP contribution < -0.4 is 13.8 Å². The summed E-state index contributed by atoms with van der Waals surface area (Å²) in [7, 11) is 0.133. The molecule has 0 fully saturated rings. The molecule has 11 heteroatoms. The highest BCUT2D eigenvalue weighted by Gasteiger charge is 2.26. The molecule has 0 saturated carbocycles. The van der Waals surface area contributed by atoms with Crippen LogP contribution in [0.4, 0.5) is 5.69 Å². The Morgan fingerprint density at radius 1 is 1.12 bits per heavy atom. The van der Waals surface area contributed by atoms with Gasteiger partial charge in [-0.2, -0.15) is 0 Å². The van der Waals surface area contributed by atoms with E-state index < -0.39 is 16.0 Å². The monoisotopic (exact) mass is 480 g/mol. The number of halogens is 1. The molecule has 2 aromatic carbocycles. The fourth-order valence-corrected chi connectivity index (χ4v) is 4.35. The molecule has 9 nitrogen and oxygen atoms in total. The predicted molar refractivity (Wildman–Crippen MR) is 117 cm³/mol. The van der Waals surface area contributed by atoms with Gasteiger partial charge in [-0.25, -0.2) is 13.2 Å². The summed E-state index contributed by atoms with van der Waals surface area (Å²) in [5.41, 5.74) is 0.920. The van der Waals surface area contributed by atoms with Gasteiger partial charge in [0.2, 0.25) is 0 Å². The van der Waals surface area contributed by atoms with Crippen molar-refractivity contribution >= 4 is 33.3 Å². The molecule has 0 bridgehead atoms. The molecular weight excluding hydrogens is 460 g/mol. The minimum atomic E-state index is -4.06. The number of sulfonamides is 1. The Morgan fingerprint density at radius 3 is 2.47 bits per heavy atom. The lowest BCUT2D eigenvalue weighted by molar-refractivity contribution is 0.0437. The Hall–Kier alpha value is -3.24. The van der Waals surface area contributed by atoms with E-state index in [1.54, 1.807) is 13.0 Å². The molecule has 1 heterocycles. The molecule has 0 radical (unpaired) electrons. The molecule has 0 unspecified atom stereocenters. The van der Waals surface area contributed by atoms with Gasteiger partial charge in [-0.15, -0.1) is 0 Å². The zero-order valence-electron chi connectivity index (χ0n) is 17.8. The van der Waals surface area contributed by atoms with Crippen molar-refractivity contribution in [2.45, 2.75) is 18.4 Å². The Kier molecular flexibility index (Phi) is 6.95. The largest absolute Gasteiger partial charge is 0.495 e. The molecule has 0 amide bonds. The van der Waals surface area contributed by atoms with Gasteiger partial charge in [0, 0.05) is 19.2 Å². The molecule has 0 spiro atoms. The predicted octanol–water partition coefficient (Wildman–Crippen LogP) is 3.84. The van der Waals surface area contributed by atoms with Crippen LogP contribution in [0.3, 0.4) is 0 Å². The lowest BCUT2D eigenvalue weighted by atomic mass is 10.2. The number of aryl methyl sites for hydroxylation is 1. The number of carbonyl (C=O) groups is 1. The van der Waals surface area contributed by atoms with Crippen LogP contribution in [0.2, 0.25) is 5.02 Å². The summed E-state index contributed by atoms with van der Waals surface area (Å²) in [6, 6.07) is 10.1. The average molecular weight is 481 g/mol. The molecule has 1 aromatic heterocycles. The SMILES string of the molecule is COc1cc(OC)c(N(C)S(=O)(=O)c2cccc(C(=O)OCc3cc(C)no3)c2)cc1Cl. The van der Waals surface area contributed by atoms with E-state index in [-0.39, 0.29) is 33.5 Å². The molecule has 0 atom stereocenters. The number of benzene rings is 2. The third kappa shape index (κ3) is 4.81. The van der Waals surface area contributed by atoms with Crippen LogP contribution in [0.15, 0.2) is 51.9 Å². The van der Waals surface area contributed by atoms with Crippen LogP contribution in [0.25, 0.3) is 0 Å². The number of nitrogens with zero attached hydrogens (tertiary/aromatic N) is 2. The zero-order chi connectivity index (χ0) is 23.5. The van der Waals surface area contributed by atoms with Crippen molar-refractivity contribution in [3.8, 4) is 11.5 Å². The lowest BCUT2D eigenvalue weighted by Gasteiger charge is -2.23. The van der Waals surface area contributed by atoms with Crippen molar-refractivity contribution in [1.29, 1.82) is 0 Å². The standard InChI is InChI=1S/C21H21ClN2O7S/c1-13-8-15(31-23-13)12-30-21(25)14-6-5-7-16(9-14)32(26,27)24(2)18-10-17(22)19(28-3)11-20(18)29-4/h5-11H,12H2,1-4H3. The Balaban J connectivity index is 1.87. The molecule has 3 aromatic rings. The van der Waals surface area contributed by atoms with Gasteiger partial charge in [0.1, 0.15) is 11.5 Å². The average Bonchev–Trinajstić information content (AvgIpc) is 3.21. The third-order valence-electron chi connectivity index (χ3n) is 4.54. The van der Waals surface area contributed by atoms with E-state index in [0.29, 0.717) is 17.2 Å². The van der Waals surface area contributed by atoms with Crippen LogP contribution in [0.5, 0.6) is 11.5 Å². The van der Waals surface area contributed by atoms with E-state index in [0.717, 1.165) is 4.31 Å². The van der Waals surface area contributed by atoms with E-state index in [1.165, 1.54) is 57.7 Å². The van der Waals surface area contributed by atoms with E-state index >= 15 is 0 Å². The fraction of sp³-hybridized carbons (Fsp3) is 0.238. The van der Waals surface area contributed by atoms with Crippen LogP contribution in [0, 0.1) is 6.92 Å². The minimum Gasteiger partial charge on any atom is -0.495 e. The molecule has 170 valence electrons. The Morgan fingerprint density at radius 2 is 1.84 bits per heavy atom. The first-order valence-electron chi connectivity index (χ1n) is 9.27. The van der Waals surface area contributed by atoms with Crippen molar-refractivity contribution in [3.05, 3.63) is 64.5 Å². The second-order valence-electron chi connectivity index (χ2n) is 6.67. The summed E-state index contributed by atoms with van der Waals surface area (Å²) in [5, 5.41) is 3.93. The quantitative estimate of drug-likeness (QED) is 0.447. The van der Waals surface area contributed by atoms with E-state index in [2.05, 4.69) is 5.16 Å². The second kappa shape index (κ2) is 9.49. The van der Waals surface area contributed by atoms with Crippen molar-refractivity contribution < 1.29 is 31.9 Å². The summed E-state index contributed by atoms with van der Waals surface area (Å²) >= 11 is 6.18. The van der Waals surface area contributed by atoms with Crippen LogP contribution in [-0.2, 0) is 21.4 Å². The number of anilines is 1. The summed E-state index contributed by atoms with van der Waals surface area (Å²) < 4.78 is 48.1. The van der Waals surface area contributed by atoms with Crippen molar-refractivity contribution in [2.24, 2.45) is 0 Å². The maximum atomic E-state index is 13.2. The lowest BCUT2D eigenvalue weighted by Crippen LogP contribution is -2.27. The van der Waals surface area contributed by atoms with Crippen LogP contribution >= 0.6 is 11.6 Å². The molecule has 0 saturated heterocycles.